The van der Waals surface area contributed by atoms with Crippen LogP contribution in [0.1, 0.15) is 32.8 Å². The van der Waals surface area contributed by atoms with E-state index < -0.39 is 0 Å². The number of hydrogen-bond donors (Lipinski definition) is 1. The first-order valence-corrected chi connectivity index (χ1v) is 7.47. The molecule has 3 rings (SSSR count). The molecule has 4 nitrogen and oxygen atoms in total. The third-order valence-corrected chi connectivity index (χ3v) is 4.60. The van der Waals surface area contributed by atoms with Gasteiger partial charge in [-0.1, -0.05) is 13.0 Å². The molecule has 2 aliphatic heterocycles. The van der Waals surface area contributed by atoms with Crippen molar-refractivity contribution in [2.24, 2.45) is 0 Å². The lowest BCUT2D eigenvalue weighted by molar-refractivity contribution is 0.0865. The van der Waals surface area contributed by atoms with Gasteiger partial charge in [-0.25, -0.2) is 0 Å². The van der Waals surface area contributed by atoms with E-state index in [0.717, 1.165) is 37.6 Å². The molecule has 0 radical (unpaired) electrons. The molecule has 1 saturated heterocycles. The second-order valence-electron chi connectivity index (χ2n) is 6.24. The van der Waals surface area contributed by atoms with E-state index in [1.165, 1.54) is 5.56 Å². The van der Waals surface area contributed by atoms with Crippen LogP contribution in [0, 0.1) is 0 Å². The van der Waals surface area contributed by atoms with Gasteiger partial charge < -0.3 is 14.8 Å². The zero-order valence-corrected chi connectivity index (χ0v) is 12.6. The Morgan fingerprint density at radius 2 is 2.15 bits per heavy atom. The van der Waals surface area contributed by atoms with Crippen LogP contribution in [0.15, 0.2) is 18.2 Å². The number of piperazine rings is 1. The molecular weight excluding hydrogens is 252 g/mol. The standard InChI is InChI=1S/C16H24N2O2/c1-4-16(3)10-18(12(2)8-17-16)9-13-5-6-14-15(7-13)20-11-19-14/h5-7,12,17H,4,8-11H2,1-3H3. The maximum absolute atomic E-state index is 5.46. The molecule has 1 aromatic carbocycles. The molecular formula is C16H24N2O2. The molecule has 0 aliphatic carbocycles. The van der Waals surface area contributed by atoms with Crippen molar-refractivity contribution in [3.63, 3.8) is 0 Å². The molecule has 2 aliphatic rings. The number of nitrogens with one attached hydrogen (secondary N) is 1. The average molecular weight is 276 g/mol. The summed E-state index contributed by atoms with van der Waals surface area (Å²) in [5, 5.41) is 3.67. The Morgan fingerprint density at radius 1 is 1.35 bits per heavy atom. The van der Waals surface area contributed by atoms with Crippen LogP contribution in [0.5, 0.6) is 11.5 Å². The summed E-state index contributed by atoms with van der Waals surface area (Å²) < 4.78 is 10.8. The lowest BCUT2D eigenvalue weighted by atomic mass is 9.93. The summed E-state index contributed by atoms with van der Waals surface area (Å²) in [7, 11) is 0. The smallest absolute Gasteiger partial charge is 0.231 e. The van der Waals surface area contributed by atoms with Gasteiger partial charge in [0.05, 0.1) is 0 Å². The molecule has 20 heavy (non-hydrogen) atoms. The normalized spacial score (nSPS) is 29.6. The van der Waals surface area contributed by atoms with Crippen molar-refractivity contribution in [1.29, 1.82) is 0 Å². The highest BCUT2D eigenvalue weighted by molar-refractivity contribution is 5.44. The van der Waals surface area contributed by atoms with E-state index in [9.17, 15) is 0 Å². The van der Waals surface area contributed by atoms with Crippen molar-refractivity contribution in [3.05, 3.63) is 23.8 Å². The van der Waals surface area contributed by atoms with Crippen LogP contribution in [0.2, 0.25) is 0 Å². The molecule has 0 amide bonds. The third-order valence-electron chi connectivity index (χ3n) is 4.60. The number of hydrogen-bond acceptors (Lipinski definition) is 4. The number of nitrogens with zero attached hydrogens (tertiary/aromatic N) is 1. The summed E-state index contributed by atoms with van der Waals surface area (Å²) in [6, 6.07) is 6.83. The summed E-state index contributed by atoms with van der Waals surface area (Å²) >= 11 is 0. The van der Waals surface area contributed by atoms with Gasteiger partial charge in [0.2, 0.25) is 6.79 Å². The quantitative estimate of drug-likeness (QED) is 0.919. The summed E-state index contributed by atoms with van der Waals surface area (Å²) in [5.41, 5.74) is 1.52. The van der Waals surface area contributed by atoms with Crippen molar-refractivity contribution in [3.8, 4) is 11.5 Å². The first-order chi connectivity index (χ1) is 9.59. The molecule has 4 heteroatoms. The van der Waals surface area contributed by atoms with Gasteiger partial charge in [0, 0.05) is 31.2 Å². The molecule has 0 aromatic heterocycles. The number of ether oxygens (including phenoxy) is 2. The van der Waals surface area contributed by atoms with Gasteiger partial charge in [0.1, 0.15) is 0 Å². The zero-order chi connectivity index (χ0) is 14.2. The van der Waals surface area contributed by atoms with Crippen LogP contribution in [-0.2, 0) is 6.54 Å². The van der Waals surface area contributed by atoms with E-state index in [-0.39, 0.29) is 5.54 Å². The van der Waals surface area contributed by atoms with Crippen molar-refractivity contribution in [2.75, 3.05) is 19.9 Å². The van der Waals surface area contributed by atoms with Gasteiger partial charge in [0.25, 0.3) is 0 Å². The molecule has 1 N–H and O–H groups in total. The van der Waals surface area contributed by atoms with Gasteiger partial charge in [-0.2, -0.15) is 0 Å². The average Bonchev–Trinajstić information content (AvgIpc) is 2.91. The van der Waals surface area contributed by atoms with Crippen LogP contribution < -0.4 is 14.8 Å². The summed E-state index contributed by atoms with van der Waals surface area (Å²) in [4.78, 5) is 2.55. The maximum atomic E-state index is 5.46. The number of rotatable bonds is 3. The highest BCUT2D eigenvalue weighted by Gasteiger charge is 2.32. The predicted molar refractivity (Wildman–Crippen MR) is 79.1 cm³/mol. The lowest BCUT2D eigenvalue weighted by Gasteiger charge is -2.45. The van der Waals surface area contributed by atoms with E-state index >= 15 is 0 Å². The third kappa shape index (κ3) is 2.63. The molecule has 0 bridgehead atoms. The fourth-order valence-corrected chi connectivity index (χ4v) is 2.91. The number of fused-ring (bicyclic) bond motifs is 1. The predicted octanol–water partition coefficient (Wildman–Crippen LogP) is 2.38. The van der Waals surface area contributed by atoms with E-state index in [2.05, 4.69) is 43.1 Å². The second-order valence-corrected chi connectivity index (χ2v) is 6.24. The Balaban J connectivity index is 1.72. The summed E-state index contributed by atoms with van der Waals surface area (Å²) in [6.45, 7) is 10.3. The summed E-state index contributed by atoms with van der Waals surface area (Å²) in [6.07, 6.45) is 1.15. The molecule has 1 aromatic rings. The van der Waals surface area contributed by atoms with Crippen LogP contribution in [0.4, 0.5) is 0 Å². The van der Waals surface area contributed by atoms with E-state index in [0.29, 0.717) is 12.8 Å². The molecule has 0 spiro atoms. The van der Waals surface area contributed by atoms with Gasteiger partial charge in [-0.3, -0.25) is 4.90 Å². The maximum Gasteiger partial charge on any atom is 0.231 e. The lowest BCUT2D eigenvalue weighted by Crippen LogP contribution is -2.61. The van der Waals surface area contributed by atoms with Crippen molar-refractivity contribution >= 4 is 0 Å². The second kappa shape index (κ2) is 5.26. The van der Waals surface area contributed by atoms with Crippen LogP contribution in [0.25, 0.3) is 0 Å². The van der Waals surface area contributed by atoms with Crippen LogP contribution in [-0.4, -0.2) is 36.4 Å². The fourth-order valence-electron chi connectivity index (χ4n) is 2.91. The van der Waals surface area contributed by atoms with Crippen molar-refractivity contribution in [1.82, 2.24) is 10.2 Å². The van der Waals surface area contributed by atoms with Gasteiger partial charge in [-0.05, 0) is 38.0 Å². The number of benzene rings is 1. The minimum absolute atomic E-state index is 0.225. The van der Waals surface area contributed by atoms with Crippen LogP contribution >= 0.6 is 0 Å². The Hall–Kier alpha value is -1.26. The highest BCUT2D eigenvalue weighted by Crippen LogP contribution is 2.33. The molecule has 2 unspecified atom stereocenters. The van der Waals surface area contributed by atoms with Gasteiger partial charge in [0.15, 0.2) is 11.5 Å². The topological polar surface area (TPSA) is 33.7 Å². The van der Waals surface area contributed by atoms with Crippen LogP contribution in [0.3, 0.4) is 0 Å². The first kappa shape index (κ1) is 13.7. The molecule has 2 atom stereocenters. The minimum atomic E-state index is 0.225. The Bertz CT molecular complexity index is 491. The molecule has 2 heterocycles. The Morgan fingerprint density at radius 3 is 2.95 bits per heavy atom. The van der Waals surface area contributed by atoms with E-state index in [1.807, 2.05) is 6.07 Å². The van der Waals surface area contributed by atoms with Gasteiger partial charge in [-0.15, -0.1) is 0 Å². The highest BCUT2D eigenvalue weighted by atomic mass is 16.7. The zero-order valence-electron chi connectivity index (χ0n) is 12.6. The minimum Gasteiger partial charge on any atom is -0.454 e. The fraction of sp³-hybridized carbons (Fsp3) is 0.625. The molecule has 110 valence electrons. The van der Waals surface area contributed by atoms with Crippen molar-refractivity contribution in [2.45, 2.75) is 45.3 Å². The molecule has 0 saturated carbocycles. The Labute approximate surface area is 121 Å². The SMILES string of the molecule is CCC1(C)CN(Cc2ccc3c(c2)OCO3)C(C)CN1. The first-order valence-electron chi connectivity index (χ1n) is 7.47. The monoisotopic (exact) mass is 276 g/mol. The van der Waals surface area contributed by atoms with E-state index in [4.69, 9.17) is 9.47 Å². The van der Waals surface area contributed by atoms with Gasteiger partial charge >= 0.3 is 0 Å². The van der Waals surface area contributed by atoms with Crippen molar-refractivity contribution < 1.29 is 9.47 Å². The van der Waals surface area contributed by atoms with E-state index in [1.54, 1.807) is 0 Å². The largest absolute Gasteiger partial charge is 0.454 e. The molecule has 1 fully saturated rings. The summed E-state index contributed by atoms with van der Waals surface area (Å²) in [5.74, 6) is 1.74. The Kier molecular flexibility index (Phi) is 3.61.